The molecule has 0 saturated carbocycles. The summed E-state index contributed by atoms with van der Waals surface area (Å²) in [6.07, 6.45) is 1.79. The van der Waals surface area contributed by atoms with Crippen molar-refractivity contribution in [1.29, 1.82) is 5.26 Å². The number of phenols is 2. The lowest BCUT2D eigenvalue weighted by molar-refractivity contribution is -0.138. The lowest BCUT2D eigenvalue weighted by Gasteiger charge is -2.05. The molecule has 0 aliphatic heterocycles. The van der Waals surface area contributed by atoms with Gasteiger partial charge in [0.1, 0.15) is 17.4 Å². The van der Waals surface area contributed by atoms with E-state index in [4.69, 9.17) is 14.7 Å². The van der Waals surface area contributed by atoms with Crippen molar-refractivity contribution in [2.75, 3.05) is 13.7 Å². The molecule has 128 valence electrons. The number of carbonyl (C=O) groups is 1. The van der Waals surface area contributed by atoms with Gasteiger partial charge in [-0.2, -0.15) is 5.26 Å². The van der Waals surface area contributed by atoms with Crippen LogP contribution >= 0.6 is 0 Å². The summed E-state index contributed by atoms with van der Waals surface area (Å²) < 4.78 is 10.2. The number of phenolic OH excluding ortho intramolecular Hbond substituents is 2. The van der Waals surface area contributed by atoms with E-state index in [0.717, 1.165) is 11.3 Å². The average molecular weight is 339 g/mol. The van der Waals surface area contributed by atoms with Gasteiger partial charge in [-0.1, -0.05) is 18.2 Å². The van der Waals surface area contributed by atoms with Crippen molar-refractivity contribution in [3.8, 4) is 23.3 Å². The first kappa shape index (κ1) is 17.9. The van der Waals surface area contributed by atoms with Gasteiger partial charge < -0.3 is 19.7 Å². The molecule has 0 radical (unpaired) electrons. The van der Waals surface area contributed by atoms with E-state index in [1.54, 1.807) is 13.2 Å². The molecular formula is C19H17NO5. The number of nitrogens with zero attached hydrogens (tertiary/aromatic N) is 1. The van der Waals surface area contributed by atoms with E-state index < -0.39 is 5.97 Å². The lowest BCUT2D eigenvalue weighted by atomic mass is 10.1. The van der Waals surface area contributed by atoms with Gasteiger partial charge in [-0.25, -0.2) is 4.79 Å². The van der Waals surface area contributed by atoms with Gasteiger partial charge in [-0.15, -0.1) is 0 Å². The summed E-state index contributed by atoms with van der Waals surface area (Å²) in [5.41, 5.74) is 1.18. The summed E-state index contributed by atoms with van der Waals surface area (Å²) in [4.78, 5) is 12.0. The lowest BCUT2D eigenvalue weighted by Crippen LogP contribution is -2.09. The minimum absolute atomic E-state index is 0.130. The highest BCUT2D eigenvalue weighted by Crippen LogP contribution is 2.26. The van der Waals surface area contributed by atoms with Crippen LogP contribution in [-0.2, 0) is 16.0 Å². The van der Waals surface area contributed by atoms with Gasteiger partial charge in [-0.05, 0) is 41.5 Å². The first-order valence-electron chi connectivity index (χ1n) is 7.47. The summed E-state index contributed by atoms with van der Waals surface area (Å²) in [6.45, 7) is 0.130. The van der Waals surface area contributed by atoms with E-state index in [2.05, 4.69) is 0 Å². The second kappa shape index (κ2) is 8.41. The molecule has 0 aliphatic carbocycles. The van der Waals surface area contributed by atoms with E-state index in [-0.39, 0.29) is 23.7 Å². The van der Waals surface area contributed by atoms with Crippen molar-refractivity contribution in [3.05, 3.63) is 59.2 Å². The van der Waals surface area contributed by atoms with Crippen molar-refractivity contribution in [3.63, 3.8) is 0 Å². The molecule has 0 aliphatic rings. The standard InChI is InChI=1S/C19H17NO5/c1-24-16-5-2-13(3-6-16)8-9-25-19(23)15(12-20)10-14-4-7-17(21)18(22)11-14/h2-7,10-11,21-22H,8-9H2,1H3/b15-10+. The van der Waals surface area contributed by atoms with E-state index in [9.17, 15) is 15.0 Å². The highest BCUT2D eigenvalue weighted by atomic mass is 16.5. The fourth-order valence-corrected chi connectivity index (χ4v) is 2.07. The molecule has 0 heterocycles. The van der Waals surface area contributed by atoms with Crippen molar-refractivity contribution >= 4 is 12.0 Å². The van der Waals surface area contributed by atoms with Crippen LogP contribution in [-0.4, -0.2) is 29.9 Å². The second-order valence-electron chi connectivity index (χ2n) is 5.15. The van der Waals surface area contributed by atoms with E-state index >= 15 is 0 Å². The molecule has 0 unspecified atom stereocenters. The molecule has 2 N–H and O–H groups in total. The third-order valence-corrected chi connectivity index (χ3v) is 3.43. The number of hydrogen-bond donors (Lipinski definition) is 2. The first-order chi connectivity index (χ1) is 12.0. The molecule has 2 aromatic carbocycles. The van der Waals surface area contributed by atoms with Gasteiger partial charge in [-0.3, -0.25) is 0 Å². The number of carbonyl (C=O) groups excluding carboxylic acids is 1. The topological polar surface area (TPSA) is 99.8 Å². The number of esters is 1. The van der Waals surface area contributed by atoms with Gasteiger partial charge in [0.05, 0.1) is 13.7 Å². The van der Waals surface area contributed by atoms with Gasteiger partial charge in [0.25, 0.3) is 0 Å². The Balaban J connectivity index is 1.96. The fraction of sp³-hybridized carbons (Fsp3) is 0.158. The number of hydrogen-bond acceptors (Lipinski definition) is 6. The smallest absolute Gasteiger partial charge is 0.348 e. The number of benzene rings is 2. The molecule has 0 atom stereocenters. The third kappa shape index (κ3) is 5.01. The normalized spacial score (nSPS) is 10.8. The van der Waals surface area contributed by atoms with Crippen LogP contribution in [0.15, 0.2) is 48.0 Å². The molecule has 6 heteroatoms. The summed E-state index contributed by atoms with van der Waals surface area (Å²) >= 11 is 0. The van der Waals surface area contributed by atoms with Gasteiger partial charge in [0, 0.05) is 6.42 Å². The van der Waals surface area contributed by atoms with E-state index in [1.165, 1.54) is 24.3 Å². The van der Waals surface area contributed by atoms with E-state index in [1.807, 2.05) is 24.3 Å². The summed E-state index contributed by atoms with van der Waals surface area (Å²) in [6, 6.07) is 13.1. The Morgan fingerprint density at radius 2 is 1.88 bits per heavy atom. The van der Waals surface area contributed by atoms with Gasteiger partial charge in [0.15, 0.2) is 11.5 Å². The molecular weight excluding hydrogens is 322 g/mol. The first-order valence-corrected chi connectivity index (χ1v) is 7.47. The summed E-state index contributed by atoms with van der Waals surface area (Å²) in [5.74, 6) is -0.618. The number of methoxy groups -OCH3 is 1. The van der Waals surface area contributed by atoms with Crippen LogP contribution in [0.2, 0.25) is 0 Å². The Morgan fingerprint density at radius 1 is 1.16 bits per heavy atom. The van der Waals surface area contributed by atoms with Crippen LogP contribution in [0, 0.1) is 11.3 Å². The Kier molecular flexibility index (Phi) is 6.02. The third-order valence-electron chi connectivity index (χ3n) is 3.43. The quantitative estimate of drug-likeness (QED) is 0.363. The highest BCUT2D eigenvalue weighted by Gasteiger charge is 2.11. The fourth-order valence-electron chi connectivity index (χ4n) is 2.07. The Hall–Kier alpha value is -3.46. The maximum Gasteiger partial charge on any atom is 0.348 e. The number of ether oxygens (including phenoxy) is 2. The van der Waals surface area contributed by atoms with Crippen LogP contribution in [0.5, 0.6) is 17.2 Å². The number of aromatic hydroxyl groups is 2. The van der Waals surface area contributed by atoms with Crippen molar-refractivity contribution in [1.82, 2.24) is 0 Å². The van der Waals surface area contributed by atoms with Crippen LogP contribution in [0.1, 0.15) is 11.1 Å². The zero-order chi connectivity index (χ0) is 18.2. The molecule has 0 bridgehead atoms. The number of nitriles is 1. The van der Waals surface area contributed by atoms with Gasteiger partial charge >= 0.3 is 5.97 Å². The molecule has 0 amide bonds. The maximum atomic E-state index is 12.0. The Bertz CT molecular complexity index is 819. The average Bonchev–Trinajstić information content (AvgIpc) is 2.63. The zero-order valence-corrected chi connectivity index (χ0v) is 13.6. The molecule has 2 aromatic rings. The SMILES string of the molecule is COc1ccc(CCOC(=O)/C(C#N)=C/c2ccc(O)c(O)c2)cc1. The minimum atomic E-state index is -0.747. The Morgan fingerprint density at radius 3 is 2.48 bits per heavy atom. The Labute approximate surface area is 145 Å². The molecule has 0 spiro atoms. The van der Waals surface area contributed by atoms with Crippen LogP contribution < -0.4 is 4.74 Å². The van der Waals surface area contributed by atoms with Crippen molar-refractivity contribution in [2.24, 2.45) is 0 Å². The maximum absolute atomic E-state index is 12.0. The molecule has 6 nitrogen and oxygen atoms in total. The summed E-state index contributed by atoms with van der Waals surface area (Å²) in [7, 11) is 1.58. The monoisotopic (exact) mass is 339 g/mol. The van der Waals surface area contributed by atoms with Gasteiger partial charge in [0.2, 0.25) is 0 Å². The minimum Gasteiger partial charge on any atom is -0.504 e. The van der Waals surface area contributed by atoms with Crippen molar-refractivity contribution in [2.45, 2.75) is 6.42 Å². The number of rotatable bonds is 6. The highest BCUT2D eigenvalue weighted by molar-refractivity contribution is 5.97. The molecule has 25 heavy (non-hydrogen) atoms. The van der Waals surface area contributed by atoms with Crippen LogP contribution in [0.3, 0.4) is 0 Å². The predicted molar refractivity (Wildman–Crippen MR) is 91.0 cm³/mol. The zero-order valence-electron chi connectivity index (χ0n) is 13.6. The summed E-state index contributed by atoms with van der Waals surface area (Å²) in [5, 5.41) is 27.8. The second-order valence-corrected chi connectivity index (χ2v) is 5.15. The molecule has 0 saturated heterocycles. The van der Waals surface area contributed by atoms with Crippen LogP contribution in [0.4, 0.5) is 0 Å². The largest absolute Gasteiger partial charge is 0.504 e. The van der Waals surface area contributed by atoms with Crippen LogP contribution in [0.25, 0.3) is 6.08 Å². The van der Waals surface area contributed by atoms with Crippen molar-refractivity contribution < 1.29 is 24.5 Å². The molecule has 2 rings (SSSR count). The molecule has 0 fully saturated rings. The molecule has 0 aromatic heterocycles. The predicted octanol–water partition coefficient (Wildman–Crippen LogP) is 2.80. The van der Waals surface area contributed by atoms with E-state index in [0.29, 0.717) is 12.0 Å².